The fraction of sp³-hybridized carbons (Fsp3) is 0.441. The third-order valence-electron chi connectivity index (χ3n) is 10.6. The maximum absolute atomic E-state index is 16.5. The molecule has 5 aliphatic rings. The van der Waals surface area contributed by atoms with Crippen LogP contribution in [0, 0.1) is 35.2 Å². The van der Waals surface area contributed by atoms with Crippen molar-refractivity contribution in [3.8, 4) is 21.8 Å². The molecule has 4 saturated carbocycles. The maximum atomic E-state index is 16.5. The number of thiazole rings is 1. The van der Waals surface area contributed by atoms with Gasteiger partial charge in [0.2, 0.25) is 5.95 Å². The Balaban J connectivity index is 1.20. The van der Waals surface area contributed by atoms with Gasteiger partial charge in [-0.1, -0.05) is 12.1 Å². The molecule has 9 rings (SSSR count). The summed E-state index contributed by atoms with van der Waals surface area (Å²) < 4.78 is 97.6. The topological polar surface area (TPSA) is 131 Å². The molecule has 49 heavy (non-hydrogen) atoms. The molecular weight excluding hydrogens is 696 g/mol. The molecule has 5 fully saturated rings. The Morgan fingerprint density at radius 2 is 1.49 bits per heavy atom. The lowest BCUT2D eigenvalue weighted by atomic mass is 9.50. The SMILES string of the molecule is O=S1(=O)CCC(Nc2nccc(-c3sc(C45CC6CC(CC(C6)C4)C5)nc3-c3cccc(NS(=O)(=O)c4c(F)cccc4F)c3F)n2)CC1. The van der Waals surface area contributed by atoms with Gasteiger partial charge in [0.25, 0.3) is 10.0 Å². The number of sulfonamides is 1. The minimum Gasteiger partial charge on any atom is -0.351 e. The van der Waals surface area contributed by atoms with Gasteiger partial charge in [0, 0.05) is 23.2 Å². The smallest absolute Gasteiger partial charge is 0.267 e. The monoisotopic (exact) mass is 729 g/mol. The van der Waals surface area contributed by atoms with Gasteiger partial charge in [-0.3, -0.25) is 4.72 Å². The standard InChI is InChI=1S/C34H34F3N5O4S3/c35-24-4-2-5-25(36)31(24)49(45,46)42-26-6-1-3-23(28(26)37)29-30(27-7-10-38-33(40-27)39-22-8-11-48(43,44)12-9-22)47-32(41-29)34-16-19-13-20(17-34)15-21(14-19)18-34/h1-7,10,19-22,42H,8-9,11-18H2,(H,38,39,40). The molecule has 1 aliphatic heterocycles. The van der Waals surface area contributed by atoms with Crippen molar-refractivity contribution < 1.29 is 30.0 Å². The van der Waals surface area contributed by atoms with Crippen molar-refractivity contribution in [2.45, 2.75) is 67.7 Å². The fourth-order valence-corrected chi connectivity index (χ4v) is 12.7. The van der Waals surface area contributed by atoms with Crippen LogP contribution in [-0.2, 0) is 25.3 Å². The molecule has 0 radical (unpaired) electrons. The molecule has 258 valence electrons. The van der Waals surface area contributed by atoms with Crippen LogP contribution in [-0.4, -0.2) is 49.3 Å². The van der Waals surface area contributed by atoms with Gasteiger partial charge in [-0.2, -0.15) is 0 Å². The summed E-state index contributed by atoms with van der Waals surface area (Å²) in [5, 5.41) is 4.16. The first kappa shape index (κ1) is 32.6. The van der Waals surface area contributed by atoms with E-state index in [1.165, 1.54) is 48.8 Å². The van der Waals surface area contributed by atoms with Gasteiger partial charge in [0.05, 0.1) is 33.5 Å². The van der Waals surface area contributed by atoms with Gasteiger partial charge in [-0.25, -0.2) is 45.0 Å². The average molecular weight is 730 g/mol. The van der Waals surface area contributed by atoms with Crippen molar-refractivity contribution in [2.75, 3.05) is 21.5 Å². The number of nitrogens with zero attached hydrogens (tertiary/aromatic N) is 3. The maximum Gasteiger partial charge on any atom is 0.267 e. The second-order valence-corrected chi connectivity index (χ2v) is 19.0. The van der Waals surface area contributed by atoms with E-state index >= 15 is 4.39 Å². The van der Waals surface area contributed by atoms with Gasteiger partial charge < -0.3 is 5.32 Å². The Labute approximate surface area is 286 Å². The number of rotatable bonds is 8. The highest BCUT2D eigenvalue weighted by atomic mass is 32.2. The molecule has 4 bridgehead atoms. The Morgan fingerprint density at radius 3 is 2.14 bits per heavy atom. The summed E-state index contributed by atoms with van der Waals surface area (Å²) in [5.41, 5.74) is 0.185. The van der Waals surface area contributed by atoms with Crippen LogP contribution in [0.15, 0.2) is 53.6 Å². The zero-order valence-corrected chi connectivity index (χ0v) is 28.8. The highest BCUT2D eigenvalue weighted by Gasteiger charge is 2.53. The third-order valence-corrected chi connectivity index (χ3v) is 15.0. The van der Waals surface area contributed by atoms with Crippen molar-refractivity contribution in [3.05, 3.63) is 71.1 Å². The van der Waals surface area contributed by atoms with Gasteiger partial charge in [0.1, 0.15) is 26.5 Å². The van der Waals surface area contributed by atoms with Crippen LogP contribution in [0.5, 0.6) is 0 Å². The number of halogens is 3. The predicted molar refractivity (Wildman–Crippen MR) is 181 cm³/mol. The predicted octanol–water partition coefficient (Wildman–Crippen LogP) is 6.94. The van der Waals surface area contributed by atoms with Crippen LogP contribution < -0.4 is 10.0 Å². The molecule has 2 aromatic carbocycles. The van der Waals surface area contributed by atoms with E-state index in [9.17, 15) is 25.6 Å². The number of sulfone groups is 1. The minimum absolute atomic E-state index is 0.0158. The minimum atomic E-state index is -4.84. The van der Waals surface area contributed by atoms with Crippen molar-refractivity contribution in [1.82, 2.24) is 15.0 Å². The Kier molecular flexibility index (Phi) is 8.02. The van der Waals surface area contributed by atoms with Gasteiger partial charge in [-0.15, -0.1) is 11.3 Å². The molecule has 4 aliphatic carbocycles. The van der Waals surface area contributed by atoms with E-state index in [2.05, 4.69) is 10.3 Å². The summed E-state index contributed by atoms with van der Waals surface area (Å²) in [7, 11) is -7.89. The molecule has 0 atom stereocenters. The molecule has 4 aromatic rings. The first-order valence-electron chi connectivity index (χ1n) is 16.5. The summed E-state index contributed by atoms with van der Waals surface area (Å²) in [6, 6.07) is 8.43. The van der Waals surface area contributed by atoms with E-state index in [0.717, 1.165) is 42.5 Å². The quantitative estimate of drug-likeness (QED) is 0.200. The van der Waals surface area contributed by atoms with E-state index in [4.69, 9.17) is 9.97 Å². The first-order chi connectivity index (χ1) is 23.4. The van der Waals surface area contributed by atoms with Gasteiger partial charge >= 0.3 is 0 Å². The fourth-order valence-electron chi connectivity index (χ4n) is 8.78. The van der Waals surface area contributed by atoms with Crippen molar-refractivity contribution in [2.24, 2.45) is 17.8 Å². The van der Waals surface area contributed by atoms with Crippen LogP contribution in [0.2, 0.25) is 0 Å². The summed E-state index contributed by atoms with van der Waals surface area (Å²) in [5.74, 6) is -1.17. The van der Waals surface area contributed by atoms with Crippen LogP contribution in [0.4, 0.5) is 24.8 Å². The summed E-state index contributed by atoms with van der Waals surface area (Å²) in [4.78, 5) is 13.7. The van der Waals surface area contributed by atoms with Crippen LogP contribution in [0.25, 0.3) is 21.8 Å². The number of hydrogen-bond donors (Lipinski definition) is 2. The lowest BCUT2D eigenvalue weighted by Gasteiger charge is -2.56. The molecule has 0 spiro atoms. The van der Waals surface area contributed by atoms with Crippen molar-refractivity contribution in [3.63, 3.8) is 0 Å². The summed E-state index contributed by atoms with van der Waals surface area (Å²) in [6.45, 7) is 0. The summed E-state index contributed by atoms with van der Waals surface area (Å²) in [6.07, 6.45) is 9.19. The number of nitrogens with one attached hydrogen (secondary N) is 2. The first-order valence-corrected chi connectivity index (χ1v) is 20.6. The molecule has 2 aromatic heterocycles. The van der Waals surface area contributed by atoms with E-state index < -0.39 is 47.9 Å². The molecular formula is C34H34F3N5O4S3. The number of hydrogen-bond acceptors (Lipinski definition) is 9. The van der Waals surface area contributed by atoms with E-state index in [0.29, 0.717) is 52.8 Å². The Hall–Kier alpha value is -3.56. The lowest BCUT2D eigenvalue weighted by Crippen LogP contribution is -2.48. The van der Waals surface area contributed by atoms with E-state index in [1.54, 1.807) is 12.3 Å². The number of anilines is 2. The van der Waals surface area contributed by atoms with Crippen molar-refractivity contribution >= 4 is 42.8 Å². The van der Waals surface area contributed by atoms with E-state index in [1.807, 2.05) is 4.72 Å². The Bertz CT molecular complexity index is 2110. The summed E-state index contributed by atoms with van der Waals surface area (Å²) >= 11 is 1.47. The highest BCUT2D eigenvalue weighted by molar-refractivity contribution is 7.92. The van der Waals surface area contributed by atoms with E-state index in [-0.39, 0.29) is 28.5 Å². The zero-order valence-electron chi connectivity index (χ0n) is 26.3. The molecule has 0 amide bonds. The highest BCUT2D eigenvalue weighted by Crippen LogP contribution is 2.62. The van der Waals surface area contributed by atoms with Crippen LogP contribution in [0.3, 0.4) is 0 Å². The molecule has 1 saturated heterocycles. The number of benzene rings is 2. The molecule has 2 N–H and O–H groups in total. The second-order valence-electron chi connectivity index (χ2n) is 14.1. The average Bonchev–Trinajstić information content (AvgIpc) is 3.49. The van der Waals surface area contributed by atoms with Crippen LogP contribution in [0.1, 0.15) is 56.4 Å². The van der Waals surface area contributed by atoms with Gasteiger partial charge in [-0.05, 0) is 99.5 Å². The normalized spacial score (nSPS) is 26.1. The Morgan fingerprint density at radius 1 is 0.857 bits per heavy atom. The molecule has 15 heteroatoms. The molecule has 0 unspecified atom stereocenters. The molecule has 9 nitrogen and oxygen atoms in total. The van der Waals surface area contributed by atoms with Crippen LogP contribution >= 0.6 is 11.3 Å². The zero-order chi connectivity index (χ0) is 34.1. The number of aromatic nitrogens is 3. The van der Waals surface area contributed by atoms with Crippen molar-refractivity contribution in [1.29, 1.82) is 0 Å². The molecule has 3 heterocycles. The third kappa shape index (κ3) is 6.11. The lowest BCUT2D eigenvalue weighted by molar-refractivity contribution is -0.00524. The van der Waals surface area contributed by atoms with Gasteiger partial charge in [0.15, 0.2) is 10.7 Å². The largest absolute Gasteiger partial charge is 0.351 e. The second kappa shape index (κ2) is 12.0.